The maximum Gasteiger partial charge on any atom is 0.186 e. The molecule has 0 unspecified atom stereocenters. The van der Waals surface area contributed by atoms with Crippen LogP contribution in [0.25, 0.3) is 22.4 Å². The number of imidazole rings is 1. The largest absolute Gasteiger partial charge is 0.398 e. The number of H-pyrrole nitrogens is 1. The molecule has 0 aliphatic rings. The van der Waals surface area contributed by atoms with Gasteiger partial charge in [-0.05, 0) is 31.2 Å². The third-order valence-electron chi connectivity index (χ3n) is 3.01. The van der Waals surface area contributed by atoms with Crippen LogP contribution in [0.1, 0.15) is 5.56 Å². The molecule has 0 fully saturated rings. The van der Waals surface area contributed by atoms with Crippen molar-refractivity contribution >= 4 is 16.7 Å². The zero-order chi connectivity index (χ0) is 13.6. The lowest BCUT2D eigenvalue weighted by molar-refractivity contribution is 0.515. The van der Waals surface area contributed by atoms with Gasteiger partial charge in [-0.25, -0.2) is 13.8 Å². The van der Waals surface area contributed by atoms with Crippen LogP contribution in [0, 0.1) is 18.6 Å². The first kappa shape index (κ1) is 11.6. The molecule has 3 nitrogen and oxygen atoms in total. The smallest absolute Gasteiger partial charge is 0.186 e. The summed E-state index contributed by atoms with van der Waals surface area (Å²) in [5.41, 5.74) is 8.53. The van der Waals surface area contributed by atoms with Gasteiger partial charge < -0.3 is 10.7 Å². The molecule has 3 aromatic rings. The Labute approximate surface area is 108 Å². The van der Waals surface area contributed by atoms with Gasteiger partial charge in [0, 0.05) is 11.3 Å². The number of aromatic amines is 1. The summed E-state index contributed by atoms with van der Waals surface area (Å²) in [5.74, 6) is -1.44. The van der Waals surface area contributed by atoms with Gasteiger partial charge in [0.1, 0.15) is 11.3 Å². The number of fused-ring (bicyclic) bond motifs is 1. The van der Waals surface area contributed by atoms with Gasteiger partial charge in [0.05, 0.1) is 5.52 Å². The molecule has 0 aliphatic carbocycles. The Bertz CT molecular complexity index is 778. The molecule has 0 saturated carbocycles. The Morgan fingerprint density at radius 2 is 1.95 bits per heavy atom. The molecule has 96 valence electrons. The fourth-order valence-corrected chi connectivity index (χ4v) is 2.02. The minimum absolute atomic E-state index is 0.0177. The van der Waals surface area contributed by atoms with E-state index in [4.69, 9.17) is 5.73 Å². The lowest BCUT2D eigenvalue weighted by atomic mass is 10.1. The number of benzene rings is 2. The molecule has 1 heterocycles. The van der Waals surface area contributed by atoms with Crippen molar-refractivity contribution in [1.82, 2.24) is 9.97 Å². The number of anilines is 1. The van der Waals surface area contributed by atoms with E-state index in [-0.39, 0.29) is 5.52 Å². The van der Waals surface area contributed by atoms with Crippen LogP contribution in [0.4, 0.5) is 14.5 Å². The van der Waals surface area contributed by atoms with Crippen LogP contribution in [0.15, 0.2) is 30.3 Å². The average molecular weight is 259 g/mol. The van der Waals surface area contributed by atoms with Crippen LogP contribution in [0.3, 0.4) is 0 Å². The third kappa shape index (κ3) is 1.83. The van der Waals surface area contributed by atoms with Gasteiger partial charge in [0.25, 0.3) is 0 Å². The Kier molecular flexibility index (Phi) is 2.48. The topological polar surface area (TPSA) is 54.7 Å². The van der Waals surface area contributed by atoms with Crippen molar-refractivity contribution < 1.29 is 8.78 Å². The second kappa shape index (κ2) is 4.05. The highest BCUT2D eigenvalue weighted by molar-refractivity contribution is 5.83. The summed E-state index contributed by atoms with van der Waals surface area (Å²) in [7, 11) is 0. The molecule has 19 heavy (non-hydrogen) atoms. The number of nitrogens with zero attached hydrogens (tertiary/aromatic N) is 1. The highest BCUT2D eigenvalue weighted by atomic mass is 19.2. The molecular weight excluding hydrogens is 248 g/mol. The molecule has 1 aromatic heterocycles. The molecule has 3 N–H and O–H groups in total. The number of aryl methyl sites for hydroxylation is 1. The van der Waals surface area contributed by atoms with Crippen LogP contribution in [-0.2, 0) is 0 Å². The molecule has 0 atom stereocenters. The van der Waals surface area contributed by atoms with E-state index < -0.39 is 11.6 Å². The molecule has 3 rings (SSSR count). The predicted octanol–water partition coefficient (Wildman–Crippen LogP) is 3.40. The van der Waals surface area contributed by atoms with Crippen LogP contribution < -0.4 is 5.73 Å². The van der Waals surface area contributed by atoms with Crippen molar-refractivity contribution in [1.29, 1.82) is 0 Å². The molecule has 5 heteroatoms. The van der Waals surface area contributed by atoms with E-state index in [1.54, 1.807) is 6.07 Å². The van der Waals surface area contributed by atoms with Crippen molar-refractivity contribution in [2.75, 3.05) is 5.73 Å². The molecule has 0 saturated heterocycles. The normalized spacial score (nSPS) is 11.1. The first-order chi connectivity index (χ1) is 9.06. The number of aromatic nitrogens is 2. The number of hydrogen-bond donors (Lipinski definition) is 2. The average Bonchev–Trinajstić information content (AvgIpc) is 2.81. The van der Waals surface area contributed by atoms with Gasteiger partial charge in [0.2, 0.25) is 0 Å². The minimum Gasteiger partial charge on any atom is -0.398 e. The summed E-state index contributed by atoms with van der Waals surface area (Å²) in [4.78, 5) is 7.04. The monoisotopic (exact) mass is 259 g/mol. The molecule has 0 spiro atoms. The van der Waals surface area contributed by atoms with Crippen molar-refractivity contribution in [2.24, 2.45) is 0 Å². The van der Waals surface area contributed by atoms with E-state index in [2.05, 4.69) is 9.97 Å². The van der Waals surface area contributed by atoms with Gasteiger partial charge in [-0.2, -0.15) is 0 Å². The molecule has 2 aromatic carbocycles. The fraction of sp³-hybridized carbons (Fsp3) is 0.0714. The van der Waals surface area contributed by atoms with E-state index >= 15 is 0 Å². The second-order valence-electron chi connectivity index (χ2n) is 4.43. The van der Waals surface area contributed by atoms with Gasteiger partial charge >= 0.3 is 0 Å². The number of hydrogen-bond acceptors (Lipinski definition) is 2. The third-order valence-corrected chi connectivity index (χ3v) is 3.01. The Morgan fingerprint density at radius 3 is 2.74 bits per heavy atom. The van der Waals surface area contributed by atoms with Crippen molar-refractivity contribution in [3.63, 3.8) is 0 Å². The summed E-state index contributed by atoms with van der Waals surface area (Å²) in [5, 5.41) is 0. The highest BCUT2D eigenvalue weighted by Gasteiger charge is 2.14. The second-order valence-corrected chi connectivity index (χ2v) is 4.43. The van der Waals surface area contributed by atoms with Crippen molar-refractivity contribution in [3.05, 3.63) is 47.5 Å². The molecule has 0 aliphatic heterocycles. The summed E-state index contributed by atoms with van der Waals surface area (Å²) >= 11 is 0. The quantitative estimate of drug-likeness (QED) is 0.658. The summed E-state index contributed by atoms with van der Waals surface area (Å²) in [6, 6.07) is 8.01. The number of nitrogens with one attached hydrogen (secondary N) is 1. The van der Waals surface area contributed by atoms with Gasteiger partial charge in [-0.3, -0.25) is 0 Å². The maximum atomic E-state index is 13.6. The van der Waals surface area contributed by atoms with E-state index in [0.29, 0.717) is 22.6 Å². The summed E-state index contributed by atoms with van der Waals surface area (Å²) in [6.45, 7) is 1.92. The molecule has 0 bridgehead atoms. The Morgan fingerprint density at radius 1 is 1.16 bits per heavy atom. The molecular formula is C14H11F2N3. The van der Waals surface area contributed by atoms with Crippen molar-refractivity contribution in [3.8, 4) is 11.4 Å². The minimum atomic E-state index is -0.953. The number of rotatable bonds is 1. The van der Waals surface area contributed by atoms with E-state index in [1.165, 1.54) is 6.07 Å². The Balaban J connectivity index is 2.26. The Hall–Kier alpha value is -2.43. The SMILES string of the molecule is Cc1ccc(N)c(-c2nc3c(F)c(F)ccc3[nH]2)c1. The highest BCUT2D eigenvalue weighted by Crippen LogP contribution is 2.28. The first-order valence-electron chi connectivity index (χ1n) is 5.76. The fourth-order valence-electron chi connectivity index (χ4n) is 2.02. The maximum absolute atomic E-state index is 13.6. The number of nitrogens with two attached hydrogens (primary N) is 1. The summed E-state index contributed by atoms with van der Waals surface area (Å²) < 4.78 is 26.8. The van der Waals surface area contributed by atoms with Gasteiger partial charge in [-0.1, -0.05) is 11.6 Å². The zero-order valence-corrected chi connectivity index (χ0v) is 10.2. The van der Waals surface area contributed by atoms with E-state index in [9.17, 15) is 8.78 Å². The molecule has 0 amide bonds. The first-order valence-corrected chi connectivity index (χ1v) is 5.76. The number of halogens is 2. The van der Waals surface area contributed by atoms with Crippen LogP contribution in [-0.4, -0.2) is 9.97 Å². The van der Waals surface area contributed by atoms with Crippen LogP contribution in [0.2, 0.25) is 0 Å². The van der Waals surface area contributed by atoms with Crippen LogP contribution in [0.5, 0.6) is 0 Å². The lowest BCUT2D eigenvalue weighted by Crippen LogP contribution is -1.92. The lowest BCUT2D eigenvalue weighted by Gasteiger charge is -2.03. The zero-order valence-electron chi connectivity index (χ0n) is 10.2. The predicted molar refractivity (Wildman–Crippen MR) is 70.6 cm³/mol. The van der Waals surface area contributed by atoms with E-state index in [1.807, 2.05) is 19.1 Å². The van der Waals surface area contributed by atoms with E-state index in [0.717, 1.165) is 11.6 Å². The van der Waals surface area contributed by atoms with Gasteiger partial charge in [-0.15, -0.1) is 0 Å². The number of nitrogen functional groups attached to an aromatic ring is 1. The van der Waals surface area contributed by atoms with Crippen LogP contribution >= 0.6 is 0 Å². The standard InChI is InChI=1S/C14H11F2N3/c1-7-2-4-10(17)8(6-7)14-18-11-5-3-9(15)12(16)13(11)19-14/h2-6H,17H2,1H3,(H,18,19). The van der Waals surface area contributed by atoms with Gasteiger partial charge in [0.15, 0.2) is 11.6 Å². The summed E-state index contributed by atoms with van der Waals surface area (Å²) in [6.07, 6.45) is 0. The van der Waals surface area contributed by atoms with Crippen molar-refractivity contribution in [2.45, 2.75) is 6.92 Å². The molecule has 0 radical (unpaired) electrons.